The minimum absolute atomic E-state index is 0.634. The van der Waals surface area contributed by atoms with E-state index in [0.717, 1.165) is 37.2 Å². The van der Waals surface area contributed by atoms with Crippen molar-refractivity contribution < 1.29 is 0 Å². The molecule has 0 radical (unpaired) electrons. The quantitative estimate of drug-likeness (QED) is 0.819. The molecule has 0 spiro atoms. The van der Waals surface area contributed by atoms with Crippen molar-refractivity contribution in [2.45, 2.75) is 19.9 Å². The SMILES string of the molecule is CC(C)N1CCN(c2cccc3c2nnn3C)CC1. The second-order valence-electron chi connectivity index (χ2n) is 5.47. The molecule has 5 heteroatoms. The van der Waals surface area contributed by atoms with Gasteiger partial charge >= 0.3 is 0 Å². The minimum atomic E-state index is 0.634. The van der Waals surface area contributed by atoms with Crippen LogP contribution in [0.4, 0.5) is 5.69 Å². The molecule has 1 aliphatic heterocycles. The molecule has 0 bridgehead atoms. The maximum atomic E-state index is 4.31. The molecule has 2 aromatic rings. The summed E-state index contributed by atoms with van der Waals surface area (Å²) in [6, 6.07) is 6.95. The van der Waals surface area contributed by atoms with E-state index in [1.54, 1.807) is 0 Å². The molecule has 0 amide bonds. The van der Waals surface area contributed by atoms with Crippen LogP contribution >= 0.6 is 0 Å². The Balaban J connectivity index is 1.86. The normalized spacial score (nSPS) is 17.6. The van der Waals surface area contributed by atoms with Gasteiger partial charge in [-0.3, -0.25) is 4.90 Å². The van der Waals surface area contributed by atoms with Gasteiger partial charge in [0.25, 0.3) is 0 Å². The van der Waals surface area contributed by atoms with Gasteiger partial charge in [0.15, 0.2) is 0 Å². The molecule has 1 saturated heterocycles. The van der Waals surface area contributed by atoms with Crippen LogP contribution < -0.4 is 4.90 Å². The van der Waals surface area contributed by atoms with Crippen molar-refractivity contribution in [1.29, 1.82) is 0 Å². The largest absolute Gasteiger partial charge is 0.367 e. The van der Waals surface area contributed by atoms with Crippen LogP contribution in [-0.2, 0) is 7.05 Å². The van der Waals surface area contributed by atoms with Gasteiger partial charge in [-0.1, -0.05) is 11.3 Å². The second kappa shape index (κ2) is 4.81. The van der Waals surface area contributed by atoms with E-state index in [9.17, 15) is 0 Å². The number of hydrogen-bond acceptors (Lipinski definition) is 4. The summed E-state index contributed by atoms with van der Waals surface area (Å²) >= 11 is 0. The number of aryl methyl sites for hydroxylation is 1. The van der Waals surface area contributed by atoms with E-state index in [1.165, 1.54) is 5.69 Å². The van der Waals surface area contributed by atoms with E-state index in [-0.39, 0.29) is 0 Å². The monoisotopic (exact) mass is 259 g/mol. The molecule has 1 aromatic carbocycles. The zero-order chi connectivity index (χ0) is 13.4. The fourth-order valence-electron chi connectivity index (χ4n) is 2.78. The van der Waals surface area contributed by atoms with E-state index in [4.69, 9.17) is 0 Å². The first-order chi connectivity index (χ1) is 9.16. The molecule has 5 nitrogen and oxygen atoms in total. The summed E-state index contributed by atoms with van der Waals surface area (Å²) in [5.41, 5.74) is 3.33. The van der Waals surface area contributed by atoms with Crippen LogP contribution in [0.25, 0.3) is 11.0 Å². The second-order valence-corrected chi connectivity index (χ2v) is 5.47. The number of nitrogens with zero attached hydrogens (tertiary/aromatic N) is 5. The van der Waals surface area contributed by atoms with E-state index in [2.05, 4.69) is 52.2 Å². The Bertz CT molecular complexity index is 566. The van der Waals surface area contributed by atoms with Crippen LogP contribution in [0.15, 0.2) is 18.2 Å². The van der Waals surface area contributed by atoms with Crippen molar-refractivity contribution >= 4 is 16.7 Å². The molecule has 2 heterocycles. The lowest BCUT2D eigenvalue weighted by Crippen LogP contribution is -2.48. The van der Waals surface area contributed by atoms with Crippen molar-refractivity contribution in [3.05, 3.63) is 18.2 Å². The Labute approximate surface area is 113 Å². The van der Waals surface area contributed by atoms with Gasteiger partial charge in [-0.2, -0.15) is 0 Å². The lowest BCUT2D eigenvalue weighted by molar-refractivity contribution is 0.209. The van der Waals surface area contributed by atoms with E-state index < -0.39 is 0 Å². The van der Waals surface area contributed by atoms with Crippen LogP contribution in [0.1, 0.15) is 13.8 Å². The number of piperazine rings is 1. The van der Waals surface area contributed by atoms with Gasteiger partial charge < -0.3 is 4.90 Å². The number of rotatable bonds is 2. The van der Waals surface area contributed by atoms with Gasteiger partial charge in [-0.25, -0.2) is 4.68 Å². The molecule has 1 fully saturated rings. The first kappa shape index (κ1) is 12.4. The third-order valence-electron chi connectivity index (χ3n) is 4.01. The number of benzene rings is 1. The summed E-state index contributed by atoms with van der Waals surface area (Å²) in [5.74, 6) is 0. The summed E-state index contributed by atoms with van der Waals surface area (Å²) in [6.45, 7) is 8.89. The fourth-order valence-corrected chi connectivity index (χ4v) is 2.78. The van der Waals surface area contributed by atoms with Gasteiger partial charge in [-0.05, 0) is 26.0 Å². The Morgan fingerprint density at radius 3 is 2.53 bits per heavy atom. The highest BCUT2D eigenvalue weighted by Gasteiger charge is 2.21. The Hall–Kier alpha value is -1.62. The highest BCUT2D eigenvalue weighted by atomic mass is 15.4. The van der Waals surface area contributed by atoms with Crippen molar-refractivity contribution in [2.75, 3.05) is 31.1 Å². The summed E-state index contributed by atoms with van der Waals surface area (Å²) in [4.78, 5) is 4.95. The summed E-state index contributed by atoms with van der Waals surface area (Å²) < 4.78 is 1.84. The average molecular weight is 259 g/mol. The molecule has 1 aliphatic rings. The van der Waals surface area contributed by atoms with Gasteiger partial charge in [0.2, 0.25) is 0 Å². The summed E-state index contributed by atoms with van der Waals surface area (Å²) in [7, 11) is 1.94. The van der Waals surface area contributed by atoms with Crippen molar-refractivity contribution in [2.24, 2.45) is 7.05 Å². The highest BCUT2D eigenvalue weighted by molar-refractivity contribution is 5.88. The molecule has 0 unspecified atom stereocenters. The van der Waals surface area contributed by atoms with Gasteiger partial charge in [0.1, 0.15) is 5.52 Å². The Kier molecular flexibility index (Phi) is 3.14. The van der Waals surface area contributed by atoms with Gasteiger partial charge in [0, 0.05) is 39.3 Å². The third-order valence-corrected chi connectivity index (χ3v) is 4.01. The lowest BCUT2D eigenvalue weighted by Gasteiger charge is -2.38. The Morgan fingerprint density at radius 2 is 1.84 bits per heavy atom. The van der Waals surface area contributed by atoms with Gasteiger partial charge in [-0.15, -0.1) is 5.10 Å². The standard InChI is InChI=1S/C14H21N5/c1-11(2)18-7-9-19(10-8-18)13-6-4-5-12-14(13)15-16-17(12)3/h4-6,11H,7-10H2,1-3H3. The molecule has 19 heavy (non-hydrogen) atoms. The molecule has 0 saturated carbocycles. The molecule has 0 N–H and O–H groups in total. The molecule has 0 aliphatic carbocycles. The predicted molar refractivity (Wildman–Crippen MR) is 77.4 cm³/mol. The molecular formula is C14H21N5. The van der Waals surface area contributed by atoms with Crippen LogP contribution in [-0.4, -0.2) is 52.1 Å². The molecule has 3 rings (SSSR count). The molecular weight excluding hydrogens is 238 g/mol. The van der Waals surface area contributed by atoms with Crippen molar-refractivity contribution in [1.82, 2.24) is 19.9 Å². The van der Waals surface area contributed by atoms with E-state index in [1.807, 2.05) is 11.7 Å². The van der Waals surface area contributed by atoms with E-state index >= 15 is 0 Å². The topological polar surface area (TPSA) is 37.2 Å². The zero-order valence-corrected chi connectivity index (χ0v) is 11.9. The van der Waals surface area contributed by atoms with Crippen molar-refractivity contribution in [3.63, 3.8) is 0 Å². The maximum absolute atomic E-state index is 4.31. The highest BCUT2D eigenvalue weighted by Crippen LogP contribution is 2.25. The van der Waals surface area contributed by atoms with Crippen LogP contribution in [0, 0.1) is 0 Å². The smallest absolute Gasteiger partial charge is 0.136 e. The van der Waals surface area contributed by atoms with Crippen LogP contribution in [0.2, 0.25) is 0 Å². The fraction of sp³-hybridized carbons (Fsp3) is 0.571. The zero-order valence-electron chi connectivity index (χ0n) is 11.9. The van der Waals surface area contributed by atoms with Crippen LogP contribution in [0.3, 0.4) is 0 Å². The summed E-state index contributed by atoms with van der Waals surface area (Å²) in [5, 5.41) is 8.43. The molecule has 0 atom stereocenters. The van der Waals surface area contributed by atoms with Crippen molar-refractivity contribution in [3.8, 4) is 0 Å². The first-order valence-electron chi connectivity index (χ1n) is 6.94. The van der Waals surface area contributed by atoms with Crippen LogP contribution in [0.5, 0.6) is 0 Å². The lowest BCUT2D eigenvalue weighted by atomic mass is 10.2. The Morgan fingerprint density at radius 1 is 1.11 bits per heavy atom. The maximum Gasteiger partial charge on any atom is 0.136 e. The predicted octanol–water partition coefficient (Wildman–Crippen LogP) is 1.50. The minimum Gasteiger partial charge on any atom is -0.367 e. The van der Waals surface area contributed by atoms with E-state index in [0.29, 0.717) is 6.04 Å². The number of anilines is 1. The number of hydrogen-bond donors (Lipinski definition) is 0. The average Bonchev–Trinajstić information content (AvgIpc) is 2.81. The molecule has 102 valence electrons. The third kappa shape index (κ3) is 2.18. The number of aromatic nitrogens is 3. The number of fused-ring (bicyclic) bond motifs is 1. The van der Waals surface area contributed by atoms with Gasteiger partial charge in [0.05, 0.1) is 11.2 Å². The first-order valence-corrected chi connectivity index (χ1v) is 6.94. The summed E-state index contributed by atoms with van der Waals surface area (Å²) in [6.07, 6.45) is 0. The molecule has 1 aromatic heterocycles.